The highest BCUT2D eigenvalue weighted by molar-refractivity contribution is 5.50. The average Bonchev–Trinajstić information content (AvgIpc) is 2.07. The van der Waals surface area contributed by atoms with Gasteiger partial charge in [-0.05, 0) is 18.9 Å². The van der Waals surface area contributed by atoms with Gasteiger partial charge in [0.15, 0.2) is 5.76 Å². The molecule has 0 aliphatic heterocycles. The summed E-state index contributed by atoms with van der Waals surface area (Å²) in [5, 5.41) is 18.1. The molecule has 0 unspecified atom stereocenters. The molecule has 1 rings (SSSR count). The van der Waals surface area contributed by atoms with Crippen LogP contribution in [0.25, 0.3) is 0 Å². The fraction of sp³-hybridized carbons (Fsp3) is 0.444. The first-order valence-corrected chi connectivity index (χ1v) is 3.98. The monoisotopic (exact) mass is 168 g/mol. The lowest BCUT2D eigenvalue weighted by Gasteiger charge is -2.11. The predicted molar refractivity (Wildman–Crippen MR) is 44.9 cm³/mol. The van der Waals surface area contributed by atoms with Crippen molar-refractivity contribution in [1.82, 2.24) is 0 Å². The quantitative estimate of drug-likeness (QED) is 0.634. The molecule has 0 radical (unpaired) electrons. The zero-order valence-corrected chi connectivity index (χ0v) is 6.79. The van der Waals surface area contributed by atoms with Crippen LogP contribution in [0.2, 0.25) is 0 Å². The van der Waals surface area contributed by atoms with Gasteiger partial charge in [0.2, 0.25) is 0 Å². The van der Waals surface area contributed by atoms with Gasteiger partial charge in [0, 0.05) is 12.8 Å². The van der Waals surface area contributed by atoms with Crippen molar-refractivity contribution in [2.75, 3.05) is 0 Å². The highest BCUT2D eigenvalue weighted by Crippen LogP contribution is 2.23. The zero-order valence-electron chi connectivity index (χ0n) is 6.79. The van der Waals surface area contributed by atoms with Crippen molar-refractivity contribution >= 4 is 6.29 Å². The Labute approximate surface area is 71.0 Å². The molecule has 1 aliphatic rings. The number of aliphatic hydroxyl groups excluding tert-OH is 2. The lowest BCUT2D eigenvalue weighted by molar-refractivity contribution is -0.107. The van der Waals surface area contributed by atoms with Crippen LogP contribution in [0.5, 0.6) is 0 Å². The smallest absolute Gasteiger partial charge is 0.152 e. The van der Waals surface area contributed by atoms with Crippen molar-refractivity contribution in [3.05, 3.63) is 23.2 Å². The van der Waals surface area contributed by atoms with Gasteiger partial charge in [-0.2, -0.15) is 0 Å². The third-order valence-electron chi connectivity index (χ3n) is 1.90. The van der Waals surface area contributed by atoms with E-state index in [0.29, 0.717) is 19.3 Å². The van der Waals surface area contributed by atoms with Crippen LogP contribution in [-0.4, -0.2) is 16.5 Å². The summed E-state index contributed by atoms with van der Waals surface area (Å²) >= 11 is 0. The molecular weight excluding hydrogens is 156 g/mol. The van der Waals surface area contributed by atoms with Gasteiger partial charge in [-0.3, -0.25) is 0 Å². The summed E-state index contributed by atoms with van der Waals surface area (Å²) in [6.45, 7) is 0. The largest absolute Gasteiger partial charge is 0.508 e. The molecule has 0 aromatic carbocycles. The van der Waals surface area contributed by atoms with Gasteiger partial charge in [0.05, 0.1) is 0 Å². The molecule has 0 atom stereocenters. The van der Waals surface area contributed by atoms with Crippen LogP contribution >= 0.6 is 0 Å². The molecule has 3 nitrogen and oxygen atoms in total. The van der Waals surface area contributed by atoms with Crippen LogP contribution < -0.4 is 0 Å². The van der Waals surface area contributed by atoms with E-state index in [1.165, 1.54) is 0 Å². The van der Waals surface area contributed by atoms with E-state index in [-0.39, 0.29) is 11.5 Å². The SMILES string of the molecule is O=CCCC1=CC(O)=C(O)CC1. The van der Waals surface area contributed by atoms with Crippen LogP contribution in [0.4, 0.5) is 0 Å². The molecule has 0 aromatic rings. The lowest BCUT2D eigenvalue weighted by atomic mass is 9.99. The van der Waals surface area contributed by atoms with E-state index >= 15 is 0 Å². The second-order valence-electron chi connectivity index (χ2n) is 2.84. The highest BCUT2D eigenvalue weighted by atomic mass is 16.3. The zero-order chi connectivity index (χ0) is 8.97. The van der Waals surface area contributed by atoms with Gasteiger partial charge in [0.1, 0.15) is 12.0 Å². The molecule has 0 aromatic heterocycles. The fourth-order valence-corrected chi connectivity index (χ4v) is 1.20. The maximum Gasteiger partial charge on any atom is 0.152 e. The van der Waals surface area contributed by atoms with E-state index < -0.39 is 0 Å². The Bertz CT molecular complexity index is 238. The number of rotatable bonds is 3. The minimum Gasteiger partial charge on any atom is -0.508 e. The molecule has 0 spiro atoms. The Hall–Kier alpha value is -1.25. The predicted octanol–water partition coefficient (Wildman–Crippen LogP) is 2.01. The van der Waals surface area contributed by atoms with Crippen LogP contribution in [0.15, 0.2) is 23.2 Å². The summed E-state index contributed by atoms with van der Waals surface area (Å²) < 4.78 is 0. The Balaban J connectivity index is 2.57. The number of allylic oxidation sites excluding steroid dienone is 3. The number of aliphatic hydroxyl groups is 2. The molecule has 0 heterocycles. The van der Waals surface area contributed by atoms with Gasteiger partial charge in [-0.1, -0.05) is 5.57 Å². The minimum atomic E-state index is -0.0536. The maximum atomic E-state index is 10.0. The lowest BCUT2D eigenvalue weighted by Crippen LogP contribution is -1.98. The molecule has 0 fully saturated rings. The molecule has 1 aliphatic carbocycles. The molecule has 2 N–H and O–H groups in total. The third kappa shape index (κ3) is 2.12. The van der Waals surface area contributed by atoms with Crippen molar-refractivity contribution in [2.24, 2.45) is 0 Å². The first kappa shape index (κ1) is 8.84. The fourth-order valence-electron chi connectivity index (χ4n) is 1.20. The summed E-state index contributed by atoms with van der Waals surface area (Å²) in [7, 11) is 0. The van der Waals surface area contributed by atoms with Crippen molar-refractivity contribution < 1.29 is 15.0 Å². The second kappa shape index (κ2) is 3.95. The highest BCUT2D eigenvalue weighted by Gasteiger charge is 2.10. The minimum absolute atomic E-state index is 0.0462. The summed E-state index contributed by atoms with van der Waals surface area (Å²) in [6, 6.07) is 0. The van der Waals surface area contributed by atoms with Gasteiger partial charge in [-0.15, -0.1) is 0 Å². The van der Waals surface area contributed by atoms with E-state index in [1.54, 1.807) is 6.08 Å². The summed E-state index contributed by atoms with van der Waals surface area (Å²) in [4.78, 5) is 10.0. The summed E-state index contributed by atoms with van der Waals surface area (Å²) in [5.74, 6) is -0.00741. The average molecular weight is 168 g/mol. The molecule has 0 saturated heterocycles. The van der Waals surface area contributed by atoms with Crippen molar-refractivity contribution in [3.63, 3.8) is 0 Å². The van der Waals surface area contributed by atoms with Gasteiger partial charge in [0.25, 0.3) is 0 Å². The maximum absolute atomic E-state index is 10.0. The van der Waals surface area contributed by atoms with Crippen LogP contribution in [0.1, 0.15) is 25.7 Å². The van der Waals surface area contributed by atoms with Crippen molar-refractivity contribution in [3.8, 4) is 0 Å². The van der Waals surface area contributed by atoms with Crippen LogP contribution in [-0.2, 0) is 4.79 Å². The van der Waals surface area contributed by atoms with E-state index in [4.69, 9.17) is 10.2 Å². The number of hydrogen-bond donors (Lipinski definition) is 2. The number of carbonyl (C=O) groups is 1. The van der Waals surface area contributed by atoms with Crippen LogP contribution in [0.3, 0.4) is 0 Å². The van der Waals surface area contributed by atoms with Gasteiger partial charge < -0.3 is 15.0 Å². The summed E-state index contributed by atoms with van der Waals surface area (Å²) in [6.07, 6.45) is 4.79. The molecule has 0 amide bonds. The third-order valence-corrected chi connectivity index (χ3v) is 1.90. The van der Waals surface area contributed by atoms with Crippen LogP contribution in [0, 0.1) is 0 Å². The second-order valence-corrected chi connectivity index (χ2v) is 2.84. The molecular formula is C9H12O3. The Kier molecular flexibility index (Phi) is 2.91. The van der Waals surface area contributed by atoms with E-state index in [0.717, 1.165) is 18.3 Å². The molecule has 0 saturated carbocycles. The molecule has 12 heavy (non-hydrogen) atoms. The van der Waals surface area contributed by atoms with E-state index in [2.05, 4.69) is 0 Å². The summed E-state index contributed by atoms with van der Waals surface area (Å²) in [5.41, 5.74) is 1.03. The number of aldehydes is 1. The number of hydrogen-bond acceptors (Lipinski definition) is 3. The normalized spacial score (nSPS) is 17.5. The van der Waals surface area contributed by atoms with Gasteiger partial charge in [-0.25, -0.2) is 0 Å². The Morgan fingerprint density at radius 2 is 2.17 bits per heavy atom. The molecule has 3 heteroatoms. The first-order chi connectivity index (χ1) is 5.74. The first-order valence-electron chi connectivity index (χ1n) is 3.98. The van der Waals surface area contributed by atoms with E-state index in [1.807, 2.05) is 0 Å². The standard InChI is InChI=1S/C9H12O3/c10-5-1-2-7-3-4-8(11)9(12)6-7/h5-6,11-12H,1-4H2. The Morgan fingerprint density at radius 1 is 1.42 bits per heavy atom. The molecule has 66 valence electrons. The topological polar surface area (TPSA) is 57.5 Å². The van der Waals surface area contributed by atoms with Crippen molar-refractivity contribution in [1.29, 1.82) is 0 Å². The number of carbonyl (C=O) groups excluding carboxylic acids is 1. The van der Waals surface area contributed by atoms with Crippen molar-refractivity contribution in [2.45, 2.75) is 25.7 Å². The van der Waals surface area contributed by atoms with Gasteiger partial charge >= 0.3 is 0 Å². The van der Waals surface area contributed by atoms with E-state index in [9.17, 15) is 4.79 Å². The Morgan fingerprint density at radius 3 is 2.75 bits per heavy atom. The molecule has 0 bridgehead atoms.